The molecule has 6 aromatic carbocycles. The number of nitrogens with one attached hydrogen (secondary N) is 3. The molecule has 14 rings (SSSR count). The van der Waals surface area contributed by atoms with Crippen molar-refractivity contribution in [1.82, 2.24) is 39.8 Å². The van der Waals surface area contributed by atoms with Gasteiger partial charge in [-0.05, 0) is 203 Å². The zero-order valence-corrected chi connectivity index (χ0v) is 61.1. The summed E-state index contributed by atoms with van der Waals surface area (Å²) in [5.41, 5.74) is 11.7. The minimum Gasteiger partial charge on any atom is -0.475 e. The van der Waals surface area contributed by atoms with Crippen molar-refractivity contribution in [2.24, 2.45) is 10.8 Å². The van der Waals surface area contributed by atoms with Crippen molar-refractivity contribution >= 4 is 38.3 Å². The highest BCUT2D eigenvalue weighted by Gasteiger charge is 2.48. The van der Waals surface area contributed by atoms with Gasteiger partial charge >= 0.3 is 0 Å². The molecule has 20 heteroatoms. The molecule has 8 heterocycles. The first-order chi connectivity index (χ1) is 47.9. The molecule has 6 aliphatic rings. The SMILES string of the molecule is Cc1cc(C)cc(-c2[nH]nc(OCC(C)(C)C(=O)N3C4CCC3CC4)c2[C@H](C)CN(CCc2ccc3c(c2)OCO3)S(=O)(=O)c2cccc3cccc(N(C)C)c23)c1.Cc1cc(C)cc(-c2[nH]nc(OCC(C)(C)C(=O)N3C4CCC3CC4)c2[C@H](C)CNCCc2ccc3c(c2)OCO3)c1. The highest BCUT2D eigenvalue weighted by atomic mass is 32.2. The normalized spacial score (nSPS) is 18.8. The number of carbonyl (C=O) groups is 2. The molecule has 0 saturated carbocycles. The van der Waals surface area contributed by atoms with Crippen molar-refractivity contribution in [1.29, 1.82) is 0 Å². The number of carbonyl (C=O) groups excluding carboxylic acids is 2. The molecule has 6 aliphatic heterocycles. The van der Waals surface area contributed by atoms with Crippen LogP contribution in [0.4, 0.5) is 5.69 Å². The van der Waals surface area contributed by atoms with Gasteiger partial charge in [-0.3, -0.25) is 19.8 Å². The third kappa shape index (κ3) is 14.5. The maximum Gasteiger partial charge on any atom is 0.243 e. The Kier molecular flexibility index (Phi) is 20.1. The van der Waals surface area contributed by atoms with E-state index in [4.69, 9.17) is 33.5 Å². The number of anilines is 1. The predicted octanol–water partition coefficient (Wildman–Crippen LogP) is 14.2. The molecule has 2 aromatic heterocycles. The Morgan fingerprint density at radius 3 is 1.50 bits per heavy atom. The number of nitrogens with zero attached hydrogens (tertiary/aromatic N) is 6. The molecule has 4 saturated heterocycles. The van der Waals surface area contributed by atoms with Crippen LogP contribution in [-0.2, 0) is 32.5 Å². The first kappa shape index (κ1) is 69.9. The average Bonchev–Trinajstić information content (AvgIpc) is 0.967. The zero-order valence-electron chi connectivity index (χ0n) is 60.3. The smallest absolute Gasteiger partial charge is 0.243 e. The number of aromatic nitrogens is 4. The lowest BCUT2D eigenvalue weighted by molar-refractivity contribution is -0.144. The highest BCUT2D eigenvalue weighted by molar-refractivity contribution is 7.89. The maximum atomic E-state index is 15.2. The minimum atomic E-state index is -4.09. The Balaban J connectivity index is 0.000000189. The minimum absolute atomic E-state index is 0.116. The van der Waals surface area contributed by atoms with Gasteiger partial charge in [-0.15, -0.1) is 10.2 Å². The number of aromatic amines is 2. The molecule has 19 nitrogen and oxygen atoms in total. The van der Waals surface area contributed by atoms with Crippen molar-refractivity contribution in [2.45, 2.75) is 174 Å². The Morgan fingerprint density at radius 1 is 0.590 bits per heavy atom. The monoisotopic (exact) mass is 1380 g/mol. The molecule has 4 bridgehead atoms. The van der Waals surface area contributed by atoms with E-state index in [0.29, 0.717) is 59.2 Å². The van der Waals surface area contributed by atoms with Crippen molar-refractivity contribution < 1.29 is 46.4 Å². The van der Waals surface area contributed by atoms with Gasteiger partial charge in [0.15, 0.2) is 23.0 Å². The van der Waals surface area contributed by atoms with E-state index in [1.165, 1.54) is 16.7 Å². The van der Waals surface area contributed by atoms with Crippen LogP contribution in [0.3, 0.4) is 0 Å². The molecule has 530 valence electrons. The summed E-state index contributed by atoms with van der Waals surface area (Å²) in [7, 11) is -0.232. The first-order valence-corrected chi connectivity index (χ1v) is 37.3. The van der Waals surface area contributed by atoms with E-state index in [9.17, 15) is 9.59 Å². The quantitative estimate of drug-likeness (QED) is 0.0455. The van der Waals surface area contributed by atoms with Gasteiger partial charge in [-0.1, -0.05) is 84.6 Å². The fourth-order valence-corrected chi connectivity index (χ4v) is 17.9. The molecule has 0 spiro atoms. The number of aryl methyl sites for hydroxylation is 4. The zero-order chi connectivity index (χ0) is 70.4. The van der Waals surface area contributed by atoms with E-state index in [0.717, 1.165) is 144 Å². The third-order valence-corrected chi connectivity index (χ3v) is 23.1. The summed E-state index contributed by atoms with van der Waals surface area (Å²) >= 11 is 0. The molecule has 0 radical (unpaired) electrons. The van der Waals surface area contributed by atoms with Crippen LogP contribution in [0.25, 0.3) is 33.3 Å². The highest BCUT2D eigenvalue weighted by Crippen LogP contribution is 2.45. The summed E-state index contributed by atoms with van der Waals surface area (Å²) in [6.45, 7) is 23.3. The Bertz CT molecular complexity index is 4360. The lowest BCUT2D eigenvalue weighted by atomic mass is 9.92. The summed E-state index contributed by atoms with van der Waals surface area (Å²) in [5.74, 6) is 3.98. The van der Waals surface area contributed by atoms with Gasteiger partial charge in [-0.2, -0.15) is 4.31 Å². The number of H-pyrrole nitrogens is 2. The largest absolute Gasteiger partial charge is 0.475 e. The summed E-state index contributed by atoms with van der Waals surface area (Å²) < 4.78 is 67.3. The van der Waals surface area contributed by atoms with Crippen LogP contribution >= 0.6 is 0 Å². The van der Waals surface area contributed by atoms with Gasteiger partial charge in [0.1, 0.15) is 13.2 Å². The van der Waals surface area contributed by atoms with Crippen molar-refractivity contribution in [3.05, 3.63) is 154 Å². The molecule has 4 fully saturated rings. The van der Waals surface area contributed by atoms with Crippen LogP contribution in [-0.4, -0.2) is 146 Å². The number of benzene rings is 6. The Morgan fingerprint density at radius 2 is 1.03 bits per heavy atom. The van der Waals surface area contributed by atoms with Crippen LogP contribution in [0.5, 0.6) is 34.8 Å². The predicted molar refractivity (Wildman–Crippen MR) is 391 cm³/mol. The molecule has 8 aromatic rings. The molecule has 3 N–H and O–H groups in total. The summed E-state index contributed by atoms with van der Waals surface area (Å²) in [6, 6.07) is 37.5. The number of rotatable bonds is 25. The lowest BCUT2D eigenvalue weighted by Crippen LogP contribution is -2.46. The number of hydrogen-bond acceptors (Lipinski definition) is 14. The van der Waals surface area contributed by atoms with Crippen LogP contribution in [0.1, 0.15) is 149 Å². The van der Waals surface area contributed by atoms with E-state index in [1.807, 2.05) is 108 Å². The summed E-state index contributed by atoms with van der Waals surface area (Å²) in [4.78, 5) is 34.1. The van der Waals surface area contributed by atoms with E-state index in [-0.39, 0.29) is 68.4 Å². The van der Waals surface area contributed by atoms with Gasteiger partial charge in [-0.25, -0.2) is 8.42 Å². The summed E-state index contributed by atoms with van der Waals surface area (Å²) in [5, 5.41) is 21.1. The van der Waals surface area contributed by atoms with E-state index >= 15 is 8.42 Å². The fraction of sp³-hybridized carbons (Fsp3) is 0.475. The summed E-state index contributed by atoms with van der Waals surface area (Å²) in [6.07, 6.45) is 10.1. The van der Waals surface area contributed by atoms with Gasteiger partial charge in [0.25, 0.3) is 0 Å². The Labute approximate surface area is 589 Å². The maximum absolute atomic E-state index is 15.2. The van der Waals surface area contributed by atoms with Crippen LogP contribution in [0, 0.1) is 38.5 Å². The van der Waals surface area contributed by atoms with Gasteiger partial charge < -0.3 is 48.4 Å². The molecular weight excluding hydrogens is 1280 g/mol. The molecule has 0 aliphatic carbocycles. The molecule has 0 unspecified atom stereocenters. The number of hydrogen-bond donors (Lipinski definition) is 3. The topological polar surface area (TPSA) is 206 Å². The van der Waals surface area contributed by atoms with Gasteiger partial charge in [0.2, 0.25) is 47.2 Å². The molecule has 2 atom stereocenters. The van der Waals surface area contributed by atoms with E-state index in [1.54, 1.807) is 10.4 Å². The third-order valence-electron chi connectivity index (χ3n) is 21.2. The van der Waals surface area contributed by atoms with Gasteiger partial charge in [0, 0.05) is 103 Å². The van der Waals surface area contributed by atoms with Crippen molar-refractivity contribution in [3.8, 4) is 57.3 Å². The second-order valence-electron chi connectivity index (χ2n) is 30.4. The van der Waals surface area contributed by atoms with Crippen LogP contribution < -0.4 is 38.6 Å². The van der Waals surface area contributed by atoms with E-state index in [2.05, 4.69) is 114 Å². The first-order valence-electron chi connectivity index (χ1n) is 35.8. The fourth-order valence-electron chi connectivity index (χ4n) is 16.1. The molecular formula is C80H99N9O10S. The van der Waals surface area contributed by atoms with Crippen molar-refractivity contribution in [3.63, 3.8) is 0 Å². The lowest BCUT2D eigenvalue weighted by Gasteiger charge is -2.32. The molecule has 100 heavy (non-hydrogen) atoms. The number of amides is 2. The van der Waals surface area contributed by atoms with Crippen LogP contribution in [0.2, 0.25) is 0 Å². The molecule has 2 amide bonds. The number of sulfonamides is 1. The number of fused-ring (bicyclic) bond motifs is 7. The average molecular weight is 1380 g/mol. The van der Waals surface area contributed by atoms with E-state index < -0.39 is 20.9 Å². The van der Waals surface area contributed by atoms with Crippen molar-refractivity contribution in [2.75, 3.05) is 72.0 Å². The standard InChI is InChI=1S/C46H55N5O6S.C34H44N4O4/c1-29-22-30(2)24-34(23-29)43-41(44(48-47-43)55-27-46(4,5)45(52)51-35-15-16-36(51)18-17-35)31(3)26-50(21-20-32-14-19-38-39(25-32)57-28-56-38)58(53,54)40-13-9-11-33-10-8-12-37(42(33)40)49(6)7;1-21-14-22(2)16-25(15-21)31-30(23(3)18-35-13-12-24-6-11-28-29(17-24)42-20-41-28)32(37-36-31)40-19-34(4,5)33(39)38-26-7-8-27(38)10-9-26/h8-14,19,22-25,31,35-36H,15-18,20-21,26-28H2,1-7H3,(H,47,48);6,11,14-17,23,26-27,35H,7-10,12-13,18-20H2,1-5H3,(H,36,37)/t31-,35?,36?;23-,26?,27?/m11/s1. The van der Waals surface area contributed by atoms with Gasteiger partial charge in [0.05, 0.1) is 27.1 Å². The Hall–Kier alpha value is -8.59. The number of ether oxygens (including phenoxy) is 6. The van der Waals surface area contributed by atoms with Crippen LogP contribution in [0.15, 0.2) is 114 Å². The second-order valence-corrected chi connectivity index (χ2v) is 32.3. The second kappa shape index (κ2) is 28.8.